The first-order valence-electron chi connectivity index (χ1n) is 14.7. The molecule has 0 aromatic rings. The number of hydrogen-bond acceptors (Lipinski definition) is 12. The van der Waals surface area contributed by atoms with E-state index >= 15 is 0 Å². The summed E-state index contributed by atoms with van der Waals surface area (Å²) in [5, 5.41) is 63.1. The molecular weight excluding hydrogens is 540 g/mol. The van der Waals surface area contributed by atoms with Gasteiger partial charge in [-0.25, -0.2) is 0 Å². The number of rotatable bonds is 8. The molecule has 4 rings (SSSR count). The van der Waals surface area contributed by atoms with Crippen molar-refractivity contribution in [3.05, 3.63) is 11.6 Å². The van der Waals surface area contributed by atoms with E-state index in [0.29, 0.717) is 17.8 Å². The first-order chi connectivity index (χ1) is 19.2. The molecule has 0 spiro atoms. The second-order valence-corrected chi connectivity index (χ2v) is 12.8. The SMILES string of the molecule is CC(=O)OC[C@@H]1O[C@H](OC[C@@H]2O[C@H](OC3(C)CCC(C(C)C)[C@H]4CC=C(C)C[C@@H]43)[C@@H](O)[C@H](O)[C@H]2O)[C@@H](O)[C@H](O)[C@H]1O. The van der Waals surface area contributed by atoms with E-state index in [2.05, 4.69) is 26.8 Å². The number of ether oxygens (including phenoxy) is 5. The molecule has 12 nitrogen and oxygen atoms in total. The molecule has 236 valence electrons. The maximum Gasteiger partial charge on any atom is 0.302 e. The van der Waals surface area contributed by atoms with Crippen molar-refractivity contribution >= 4 is 5.97 Å². The van der Waals surface area contributed by atoms with Gasteiger partial charge in [0.25, 0.3) is 0 Å². The van der Waals surface area contributed by atoms with E-state index in [-0.39, 0.29) is 12.5 Å². The minimum atomic E-state index is -1.66. The van der Waals surface area contributed by atoms with E-state index in [9.17, 15) is 35.4 Å². The summed E-state index contributed by atoms with van der Waals surface area (Å²) in [5.74, 6) is 1.07. The number of aliphatic hydroxyl groups is 6. The van der Waals surface area contributed by atoms with Gasteiger partial charge >= 0.3 is 5.97 Å². The van der Waals surface area contributed by atoms with Crippen LogP contribution in [0.15, 0.2) is 11.6 Å². The maximum absolute atomic E-state index is 11.2. The third-order valence-corrected chi connectivity index (χ3v) is 9.56. The summed E-state index contributed by atoms with van der Waals surface area (Å²) in [7, 11) is 0. The molecule has 2 unspecified atom stereocenters. The number of aliphatic hydroxyl groups excluding tert-OH is 6. The highest BCUT2D eigenvalue weighted by Crippen LogP contribution is 2.52. The van der Waals surface area contributed by atoms with E-state index in [1.54, 1.807) is 0 Å². The van der Waals surface area contributed by atoms with Crippen LogP contribution in [-0.4, -0.2) is 117 Å². The molecule has 2 aliphatic carbocycles. The van der Waals surface area contributed by atoms with Crippen LogP contribution in [0.3, 0.4) is 0 Å². The Morgan fingerprint density at radius 1 is 0.951 bits per heavy atom. The monoisotopic (exact) mass is 588 g/mol. The molecule has 4 aliphatic rings. The van der Waals surface area contributed by atoms with Crippen LogP contribution in [0, 0.1) is 23.7 Å². The summed E-state index contributed by atoms with van der Waals surface area (Å²) >= 11 is 0. The molecule has 12 heteroatoms. The maximum atomic E-state index is 11.2. The summed E-state index contributed by atoms with van der Waals surface area (Å²) < 4.78 is 28.5. The van der Waals surface area contributed by atoms with Gasteiger partial charge < -0.3 is 54.3 Å². The Morgan fingerprint density at radius 3 is 2.15 bits per heavy atom. The standard InChI is InChI=1S/C29H48O12/c1-13(2)16-8-9-29(5,18-10-14(3)6-7-17(16)18)41-28-26(36)24(34)22(32)20(40-28)12-38-27-25(35)23(33)21(31)19(39-27)11-37-15(4)30/h6,13,16-28,31-36H,7-12H2,1-5H3/t16?,17-,18+,19+,20+,21+,22+,23-,24-,25+,26+,27+,28-,29?/m1/s1. The fraction of sp³-hybridized carbons (Fsp3) is 0.897. The Balaban J connectivity index is 1.44. The number of carbonyl (C=O) groups excluding carboxylic acids is 1. The van der Waals surface area contributed by atoms with Gasteiger partial charge in [-0.15, -0.1) is 0 Å². The average molecular weight is 589 g/mol. The molecular formula is C29H48O12. The van der Waals surface area contributed by atoms with Gasteiger partial charge in [0.2, 0.25) is 0 Å². The highest BCUT2D eigenvalue weighted by molar-refractivity contribution is 5.65. The van der Waals surface area contributed by atoms with Gasteiger partial charge in [-0.3, -0.25) is 4.79 Å². The van der Waals surface area contributed by atoms with E-state index in [0.717, 1.165) is 25.7 Å². The predicted molar refractivity (Wildman–Crippen MR) is 143 cm³/mol. The van der Waals surface area contributed by atoms with Crippen LogP contribution < -0.4 is 0 Å². The Labute approximate surface area is 241 Å². The zero-order valence-corrected chi connectivity index (χ0v) is 24.5. The fourth-order valence-electron chi connectivity index (χ4n) is 7.05. The molecule has 3 fully saturated rings. The Bertz CT molecular complexity index is 927. The minimum absolute atomic E-state index is 0.191. The second-order valence-electron chi connectivity index (χ2n) is 12.8. The van der Waals surface area contributed by atoms with Gasteiger partial charge in [0.1, 0.15) is 55.4 Å². The Kier molecular flexibility index (Phi) is 10.5. The van der Waals surface area contributed by atoms with E-state index in [4.69, 9.17) is 23.7 Å². The summed E-state index contributed by atoms with van der Waals surface area (Å²) in [6, 6.07) is 0. The molecule has 2 aliphatic heterocycles. The molecule has 14 atom stereocenters. The van der Waals surface area contributed by atoms with Crippen LogP contribution in [0.2, 0.25) is 0 Å². The normalized spacial score (nSPS) is 47.0. The van der Waals surface area contributed by atoms with E-state index in [1.807, 2.05) is 6.92 Å². The van der Waals surface area contributed by atoms with Crippen LogP contribution in [0.5, 0.6) is 0 Å². The number of esters is 1. The van der Waals surface area contributed by atoms with Crippen LogP contribution in [0.25, 0.3) is 0 Å². The number of hydrogen-bond donors (Lipinski definition) is 6. The molecule has 41 heavy (non-hydrogen) atoms. The van der Waals surface area contributed by atoms with Crippen molar-refractivity contribution in [3.8, 4) is 0 Å². The zero-order chi connectivity index (χ0) is 30.2. The quantitative estimate of drug-likeness (QED) is 0.165. The van der Waals surface area contributed by atoms with Crippen molar-refractivity contribution in [2.75, 3.05) is 13.2 Å². The fourth-order valence-corrected chi connectivity index (χ4v) is 7.05. The van der Waals surface area contributed by atoms with Crippen molar-refractivity contribution < 1.29 is 59.1 Å². The van der Waals surface area contributed by atoms with Crippen molar-refractivity contribution in [2.24, 2.45) is 23.7 Å². The van der Waals surface area contributed by atoms with Gasteiger partial charge in [0, 0.05) is 6.92 Å². The average Bonchev–Trinajstić information content (AvgIpc) is 2.92. The van der Waals surface area contributed by atoms with E-state index in [1.165, 1.54) is 12.5 Å². The highest BCUT2D eigenvalue weighted by atomic mass is 16.7. The lowest BCUT2D eigenvalue weighted by atomic mass is 9.57. The first kappa shape index (κ1) is 32.7. The van der Waals surface area contributed by atoms with Gasteiger partial charge in [0.15, 0.2) is 12.6 Å². The van der Waals surface area contributed by atoms with Crippen LogP contribution in [-0.2, 0) is 28.5 Å². The Hall–Kier alpha value is -1.19. The highest BCUT2D eigenvalue weighted by Gasteiger charge is 2.53. The summed E-state index contributed by atoms with van der Waals surface area (Å²) in [5.41, 5.74) is 0.653. The lowest BCUT2D eigenvalue weighted by Crippen LogP contribution is -2.63. The molecule has 1 saturated carbocycles. The van der Waals surface area contributed by atoms with Crippen molar-refractivity contribution in [1.29, 1.82) is 0 Å². The van der Waals surface area contributed by atoms with Gasteiger partial charge in [-0.2, -0.15) is 0 Å². The molecule has 0 bridgehead atoms. The van der Waals surface area contributed by atoms with Gasteiger partial charge in [0.05, 0.1) is 12.2 Å². The zero-order valence-electron chi connectivity index (χ0n) is 24.5. The Morgan fingerprint density at radius 2 is 1.54 bits per heavy atom. The summed E-state index contributed by atoms with van der Waals surface area (Å²) in [6.45, 7) is 9.03. The summed E-state index contributed by atoms with van der Waals surface area (Å²) in [6.07, 6.45) is -8.73. The molecule has 0 aromatic heterocycles. The van der Waals surface area contributed by atoms with Crippen LogP contribution in [0.4, 0.5) is 0 Å². The molecule has 0 radical (unpaired) electrons. The first-order valence-corrected chi connectivity index (χ1v) is 14.7. The van der Waals surface area contributed by atoms with Crippen molar-refractivity contribution in [1.82, 2.24) is 0 Å². The van der Waals surface area contributed by atoms with Crippen LogP contribution >= 0.6 is 0 Å². The number of allylic oxidation sites excluding steroid dienone is 2. The third kappa shape index (κ3) is 6.98. The summed E-state index contributed by atoms with van der Waals surface area (Å²) in [4.78, 5) is 11.2. The largest absolute Gasteiger partial charge is 0.463 e. The van der Waals surface area contributed by atoms with Crippen molar-refractivity contribution in [2.45, 2.75) is 127 Å². The molecule has 0 aromatic carbocycles. The predicted octanol–water partition coefficient (Wildman–Crippen LogP) is -0.00490. The van der Waals surface area contributed by atoms with Gasteiger partial charge in [-0.1, -0.05) is 25.5 Å². The molecule has 2 saturated heterocycles. The lowest BCUT2D eigenvalue weighted by molar-refractivity contribution is -0.351. The minimum Gasteiger partial charge on any atom is -0.463 e. The lowest BCUT2D eigenvalue weighted by Gasteiger charge is -2.54. The molecule has 0 amide bonds. The molecule has 6 N–H and O–H groups in total. The smallest absolute Gasteiger partial charge is 0.302 e. The molecule has 2 heterocycles. The van der Waals surface area contributed by atoms with Crippen molar-refractivity contribution in [3.63, 3.8) is 0 Å². The van der Waals surface area contributed by atoms with E-state index < -0.39 is 79.6 Å². The second kappa shape index (κ2) is 13.2. The number of fused-ring (bicyclic) bond motifs is 1. The topological polar surface area (TPSA) is 185 Å². The third-order valence-electron chi connectivity index (χ3n) is 9.56. The number of carbonyl (C=O) groups is 1. The van der Waals surface area contributed by atoms with Gasteiger partial charge in [-0.05, 0) is 63.2 Å². The van der Waals surface area contributed by atoms with Crippen LogP contribution in [0.1, 0.15) is 60.3 Å².